The Hall–Kier alpha value is -1.51. The first-order chi connectivity index (χ1) is 8.15. The van der Waals surface area contributed by atoms with Gasteiger partial charge in [0.25, 0.3) is 0 Å². The van der Waals surface area contributed by atoms with Crippen molar-refractivity contribution in [2.24, 2.45) is 0 Å². The summed E-state index contributed by atoms with van der Waals surface area (Å²) in [6, 6.07) is 5.85. The highest BCUT2D eigenvalue weighted by Gasteiger charge is 2.29. The number of benzene rings is 1. The van der Waals surface area contributed by atoms with Gasteiger partial charge in [0.1, 0.15) is 5.75 Å². The van der Waals surface area contributed by atoms with E-state index in [1.54, 1.807) is 0 Å². The number of para-hydroxylation sites is 1. The third-order valence-corrected chi connectivity index (χ3v) is 3.55. The summed E-state index contributed by atoms with van der Waals surface area (Å²) in [4.78, 5) is 11.2. The van der Waals surface area contributed by atoms with Crippen molar-refractivity contribution in [2.75, 3.05) is 6.61 Å². The molecule has 0 amide bonds. The molecule has 92 valence electrons. The van der Waals surface area contributed by atoms with Crippen LogP contribution in [0.2, 0.25) is 0 Å². The Labute approximate surface area is 101 Å². The van der Waals surface area contributed by atoms with Gasteiger partial charge >= 0.3 is 5.97 Å². The number of hydrogen-bond donors (Lipinski definition) is 1. The Bertz CT molecular complexity index is 425. The average molecular weight is 234 g/mol. The fraction of sp³-hybridized carbons (Fsp3) is 0.500. The lowest BCUT2D eigenvalue weighted by Gasteiger charge is -2.26. The number of rotatable bonds is 3. The van der Waals surface area contributed by atoms with Gasteiger partial charge < -0.3 is 9.84 Å². The molecule has 1 aliphatic heterocycles. The van der Waals surface area contributed by atoms with Crippen LogP contribution in [0.15, 0.2) is 18.2 Å². The Balaban J connectivity index is 2.47. The fourth-order valence-corrected chi connectivity index (χ4v) is 2.31. The standard InChI is InChI=1S/C14H18O3/c1-3-9(2)10-5-4-6-11-12(14(15)16)7-8-17-13(10)11/h4-6,9,12H,3,7-8H2,1-2H3,(H,15,16). The summed E-state index contributed by atoms with van der Waals surface area (Å²) in [5.74, 6) is 0.0385. The third kappa shape index (κ3) is 2.14. The molecule has 1 aliphatic rings. The highest BCUT2D eigenvalue weighted by atomic mass is 16.5. The van der Waals surface area contributed by atoms with Gasteiger partial charge in [0.15, 0.2) is 0 Å². The largest absolute Gasteiger partial charge is 0.493 e. The first-order valence-corrected chi connectivity index (χ1v) is 6.13. The maximum Gasteiger partial charge on any atom is 0.311 e. The van der Waals surface area contributed by atoms with Gasteiger partial charge in [0, 0.05) is 5.56 Å². The molecule has 17 heavy (non-hydrogen) atoms. The molecule has 0 aliphatic carbocycles. The first kappa shape index (κ1) is 12.0. The minimum absolute atomic E-state index is 0.400. The average Bonchev–Trinajstić information content (AvgIpc) is 2.36. The molecule has 1 N–H and O–H groups in total. The van der Waals surface area contributed by atoms with Crippen molar-refractivity contribution in [3.63, 3.8) is 0 Å². The maximum atomic E-state index is 11.2. The lowest BCUT2D eigenvalue weighted by atomic mass is 9.87. The number of hydrogen-bond acceptors (Lipinski definition) is 2. The van der Waals surface area contributed by atoms with Crippen LogP contribution in [0.5, 0.6) is 5.75 Å². The highest BCUT2D eigenvalue weighted by Crippen LogP contribution is 2.39. The minimum Gasteiger partial charge on any atom is -0.493 e. The lowest BCUT2D eigenvalue weighted by Crippen LogP contribution is -2.22. The van der Waals surface area contributed by atoms with E-state index in [9.17, 15) is 9.90 Å². The molecule has 0 saturated heterocycles. The van der Waals surface area contributed by atoms with Gasteiger partial charge in [0.2, 0.25) is 0 Å². The Morgan fingerprint density at radius 2 is 2.35 bits per heavy atom. The number of ether oxygens (including phenoxy) is 1. The zero-order valence-corrected chi connectivity index (χ0v) is 10.3. The summed E-state index contributed by atoms with van der Waals surface area (Å²) >= 11 is 0. The predicted octanol–water partition coefficient (Wildman–Crippen LogP) is 3.15. The molecule has 1 aromatic rings. The molecule has 0 spiro atoms. The van der Waals surface area contributed by atoms with Gasteiger partial charge in [0.05, 0.1) is 12.5 Å². The van der Waals surface area contributed by atoms with Crippen molar-refractivity contribution < 1.29 is 14.6 Å². The predicted molar refractivity (Wildman–Crippen MR) is 65.6 cm³/mol. The van der Waals surface area contributed by atoms with Crippen molar-refractivity contribution in [1.29, 1.82) is 0 Å². The van der Waals surface area contributed by atoms with Crippen LogP contribution in [0.25, 0.3) is 0 Å². The number of carbonyl (C=O) groups is 1. The normalized spacial score (nSPS) is 20.2. The van der Waals surface area contributed by atoms with Crippen LogP contribution in [0.3, 0.4) is 0 Å². The van der Waals surface area contributed by atoms with Crippen LogP contribution >= 0.6 is 0 Å². The maximum absolute atomic E-state index is 11.2. The molecule has 0 saturated carbocycles. The molecule has 0 radical (unpaired) electrons. The van der Waals surface area contributed by atoms with Crippen molar-refractivity contribution in [2.45, 2.75) is 38.5 Å². The van der Waals surface area contributed by atoms with Crippen LogP contribution in [0, 0.1) is 0 Å². The molecule has 0 fully saturated rings. The van der Waals surface area contributed by atoms with E-state index in [0.29, 0.717) is 18.9 Å². The molecular formula is C14H18O3. The van der Waals surface area contributed by atoms with Gasteiger partial charge in [-0.3, -0.25) is 4.79 Å². The quantitative estimate of drug-likeness (QED) is 0.873. The van der Waals surface area contributed by atoms with Crippen LogP contribution in [-0.4, -0.2) is 17.7 Å². The lowest BCUT2D eigenvalue weighted by molar-refractivity contribution is -0.139. The summed E-state index contributed by atoms with van der Waals surface area (Å²) in [6.07, 6.45) is 1.59. The van der Waals surface area contributed by atoms with Crippen LogP contribution in [0.1, 0.15) is 49.7 Å². The first-order valence-electron chi connectivity index (χ1n) is 6.13. The van der Waals surface area contributed by atoms with E-state index in [1.165, 1.54) is 0 Å². The second-order valence-corrected chi connectivity index (χ2v) is 4.60. The number of carboxylic acid groups (broad SMARTS) is 1. The molecule has 2 rings (SSSR count). The second-order valence-electron chi connectivity index (χ2n) is 4.60. The molecular weight excluding hydrogens is 216 g/mol. The molecule has 3 nitrogen and oxygen atoms in total. The number of carboxylic acids is 1. The van der Waals surface area contributed by atoms with Crippen molar-refractivity contribution >= 4 is 5.97 Å². The zero-order valence-electron chi connectivity index (χ0n) is 10.3. The van der Waals surface area contributed by atoms with E-state index in [2.05, 4.69) is 13.8 Å². The van der Waals surface area contributed by atoms with E-state index in [1.807, 2.05) is 18.2 Å². The SMILES string of the molecule is CCC(C)c1cccc2c1OCCC2C(=O)O. The number of aliphatic carboxylic acids is 1. The van der Waals surface area contributed by atoms with Gasteiger partial charge in [-0.05, 0) is 24.3 Å². The third-order valence-electron chi connectivity index (χ3n) is 3.55. The van der Waals surface area contributed by atoms with E-state index < -0.39 is 11.9 Å². The Morgan fingerprint density at radius 3 is 3.00 bits per heavy atom. The summed E-state index contributed by atoms with van der Waals surface area (Å²) in [6.45, 7) is 4.77. The Morgan fingerprint density at radius 1 is 1.59 bits per heavy atom. The molecule has 1 aromatic carbocycles. The fourth-order valence-electron chi connectivity index (χ4n) is 2.31. The van der Waals surface area contributed by atoms with Gasteiger partial charge in [-0.15, -0.1) is 0 Å². The molecule has 2 atom stereocenters. The van der Waals surface area contributed by atoms with Gasteiger partial charge in [-0.1, -0.05) is 32.0 Å². The van der Waals surface area contributed by atoms with Gasteiger partial charge in [-0.25, -0.2) is 0 Å². The minimum atomic E-state index is -0.754. The second kappa shape index (κ2) is 4.78. The summed E-state index contributed by atoms with van der Waals surface area (Å²) < 4.78 is 5.69. The smallest absolute Gasteiger partial charge is 0.311 e. The summed E-state index contributed by atoms with van der Waals surface area (Å²) in [5.41, 5.74) is 1.97. The van der Waals surface area contributed by atoms with E-state index in [0.717, 1.165) is 23.3 Å². The van der Waals surface area contributed by atoms with E-state index in [-0.39, 0.29) is 0 Å². The molecule has 3 heteroatoms. The zero-order chi connectivity index (χ0) is 12.4. The van der Waals surface area contributed by atoms with Crippen molar-refractivity contribution in [1.82, 2.24) is 0 Å². The molecule has 0 bridgehead atoms. The van der Waals surface area contributed by atoms with Crippen LogP contribution in [-0.2, 0) is 4.79 Å². The van der Waals surface area contributed by atoms with Crippen LogP contribution in [0.4, 0.5) is 0 Å². The van der Waals surface area contributed by atoms with Crippen LogP contribution < -0.4 is 4.74 Å². The van der Waals surface area contributed by atoms with Gasteiger partial charge in [-0.2, -0.15) is 0 Å². The van der Waals surface area contributed by atoms with E-state index >= 15 is 0 Å². The monoisotopic (exact) mass is 234 g/mol. The summed E-state index contributed by atoms with van der Waals surface area (Å²) in [5, 5.41) is 9.22. The molecule has 0 aromatic heterocycles. The van der Waals surface area contributed by atoms with Crippen molar-refractivity contribution in [3.8, 4) is 5.75 Å². The molecule has 1 heterocycles. The van der Waals surface area contributed by atoms with E-state index in [4.69, 9.17) is 4.74 Å². The topological polar surface area (TPSA) is 46.5 Å². The Kier molecular flexibility index (Phi) is 3.36. The molecule has 2 unspecified atom stereocenters. The highest BCUT2D eigenvalue weighted by molar-refractivity contribution is 5.78. The number of fused-ring (bicyclic) bond motifs is 1. The summed E-state index contributed by atoms with van der Waals surface area (Å²) in [7, 11) is 0. The van der Waals surface area contributed by atoms with Crippen molar-refractivity contribution in [3.05, 3.63) is 29.3 Å².